The van der Waals surface area contributed by atoms with Crippen LogP contribution in [-0.2, 0) is 13.0 Å². The molecule has 0 spiro atoms. The molecule has 3 aromatic rings. The highest BCUT2D eigenvalue weighted by molar-refractivity contribution is 5.87. The molecule has 28 heavy (non-hydrogen) atoms. The Morgan fingerprint density at radius 2 is 1.68 bits per heavy atom. The minimum Gasteiger partial charge on any atom is -0.493 e. The van der Waals surface area contributed by atoms with Gasteiger partial charge in [-0.25, -0.2) is 4.79 Å². The first-order valence-electron chi connectivity index (χ1n) is 9.06. The number of anilines is 1. The van der Waals surface area contributed by atoms with Gasteiger partial charge in [-0.05, 0) is 47.5 Å². The molecule has 0 heterocycles. The molecule has 2 N–H and O–H groups in total. The number of benzene rings is 3. The van der Waals surface area contributed by atoms with Crippen molar-refractivity contribution in [3.63, 3.8) is 0 Å². The van der Waals surface area contributed by atoms with E-state index in [1.54, 1.807) is 31.4 Å². The first kappa shape index (κ1) is 19.3. The maximum atomic E-state index is 10.9. The number of hydrogen-bond acceptors (Lipinski definition) is 4. The van der Waals surface area contributed by atoms with Gasteiger partial charge in [-0.2, -0.15) is 0 Å². The van der Waals surface area contributed by atoms with Crippen LogP contribution in [0, 0.1) is 0 Å². The molecule has 5 heteroatoms. The van der Waals surface area contributed by atoms with Gasteiger partial charge in [0.25, 0.3) is 0 Å². The number of carboxylic acid groups (broad SMARTS) is 1. The molecule has 0 radical (unpaired) electrons. The molecule has 0 aliphatic heterocycles. The Bertz CT molecular complexity index is 908. The van der Waals surface area contributed by atoms with Crippen molar-refractivity contribution in [2.45, 2.75) is 13.0 Å². The molecule has 0 unspecified atom stereocenters. The van der Waals surface area contributed by atoms with E-state index in [0.717, 1.165) is 17.7 Å². The molecule has 0 aromatic heterocycles. The average Bonchev–Trinajstić information content (AvgIpc) is 2.74. The van der Waals surface area contributed by atoms with Crippen molar-refractivity contribution >= 4 is 11.7 Å². The van der Waals surface area contributed by atoms with Crippen molar-refractivity contribution in [3.8, 4) is 11.5 Å². The number of rotatable bonds is 9. The third-order valence-corrected chi connectivity index (χ3v) is 4.35. The summed E-state index contributed by atoms with van der Waals surface area (Å²) in [4.78, 5) is 10.9. The minimum atomic E-state index is -0.931. The minimum absolute atomic E-state index is 0.268. The van der Waals surface area contributed by atoms with E-state index in [1.165, 1.54) is 5.56 Å². The summed E-state index contributed by atoms with van der Waals surface area (Å²) < 4.78 is 11.3. The lowest BCUT2D eigenvalue weighted by Crippen LogP contribution is -2.04. The fourth-order valence-corrected chi connectivity index (χ4v) is 2.80. The van der Waals surface area contributed by atoms with Crippen LogP contribution >= 0.6 is 0 Å². The van der Waals surface area contributed by atoms with Crippen molar-refractivity contribution in [2.24, 2.45) is 0 Å². The van der Waals surface area contributed by atoms with E-state index in [0.29, 0.717) is 24.7 Å². The van der Waals surface area contributed by atoms with Crippen molar-refractivity contribution < 1.29 is 19.4 Å². The van der Waals surface area contributed by atoms with Crippen LogP contribution in [0.1, 0.15) is 21.5 Å². The Kier molecular flexibility index (Phi) is 6.52. The average molecular weight is 377 g/mol. The summed E-state index contributed by atoms with van der Waals surface area (Å²) in [6.45, 7) is 1.17. The van der Waals surface area contributed by atoms with Crippen LogP contribution in [0.4, 0.5) is 5.69 Å². The molecule has 0 saturated heterocycles. The maximum Gasteiger partial charge on any atom is 0.335 e. The molecular formula is C23H23NO4. The second kappa shape index (κ2) is 9.46. The van der Waals surface area contributed by atoms with Gasteiger partial charge < -0.3 is 19.9 Å². The van der Waals surface area contributed by atoms with Gasteiger partial charge >= 0.3 is 5.97 Å². The fraction of sp³-hybridized carbons (Fsp3) is 0.174. The molecule has 0 fully saturated rings. The summed E-state index contributed by atoms with van der Waals surface area (Å²) in [6.07, 6.45) is 0.833. The summed E-state index contributed by atoms with van der Waals surface area (Å²) in [5, 5.41) is 12.2. The fourth-order valence-electron chi connectivity index (χ4n) is 2.80. The number of carboxylic acids is 1. The standard InChI is InChI=1S/C23H23NO4/c1-27-22-15-18(16-24-20-10-8-19(9-11-20)23(25)26)7-12-21(22)28-14-13-17-5-3-2-4-6-17/h2-12,15,24H,13-14,16H2,1H3,(H,25,26). The van der Waals surface area contributed by atoms with E-state index >= 15 is 0 Å². The van der Waals surface area contributed by atoms with Crippen LogP contribution in [0.5, 0.6) is 11.5 Å². The highest BCUT2D eigenvalue weighted by Gasteiger charge is 2.07. The first-order chi connectivity index (χ1) is 13.7. The molecule has 0 aliphatic carbocycles. The Labute approximate surface area is 164 Å². The Morgan fingerprint density at radius 3 is 2.36 bits per heavy atom. The zero-order valence-corrected chi connectivity index (χ0v) is 15.7. The van der Waals surface area contributed by atoms with Gasteiger partial charge in [-0.1, -0.05) is 36.4 Å². The van der Waals surface area contributed by atoms with Gasteiger partial charge in [0.1, 0.15) is 0 Å². The SMILES string of the molecule is COc1cc(CNc2ccc(C(=O)O)cc2)ccc1OCCc1ccccc1. The van der Waals surface area contributed by atoms with Crippen molar-refractivity contribution in [2.75, 3.05) is 19.0 Å². The van der Waals surface area contributed by atoms with E-state index < -0.39 is 5.97 Å². The van der Waals surface area contributed by atoms with Gasteiger partial charge in [-0.15, -0.1) is 0 Å². The monoisotopic (exact) mass is 377 g/mol. The van der Waals surface area contributed by atoms with E-state index in [2.05, 4.69) is 17.4 Å². The zero-order valence-electron chi connectivity index (χ0n) is 15.7. The van der Waals surface area contributed by atoms with Crippen LogP contribution in [0.25, 0.3) is 0 Å². The number of ether oxygens (including phenoxy) is 2. The molecule has 0 amide bonds. The molecule has 0 atom stereocenters. The molecule has 3 rings (SSSR count). The van der Waals surface area contributed by atoms with Gasteiger partial charge in [0.15, 0.2) is 11.5 Å². The summed E-state index contributed by atoms with van der Waals surface area (Å²) in [7, 11) is 1.63. The zero-order chi connectivity index (χ0) is 19.8. The maximum absolute atomic E-state index is 10.9. The lowest BCUT2D eigenvalue weighted by atomic mass is 10.1. The van der Waals surface area contributed by atoms with Crippen molar-refractivity contribution in [1.29, 1.82) is 0 Å². The third kappa shape index (κ3) is 5.27. The van der Waals surface area contributed by atoms with Gasteiger partial charge in [0, 0.05) is 18.7 Å². The Morgan fingerprint density at radius 1 is 0.929 bits per heavy atom. The number of methoxy groups -OCH3 is 1. The summed E-state index contributed by atoms with van der Waals surface area (Å²) in [5.41, 5.74) is 3.39. The largest absolute Gasteiger partial charge is 0.493 e. The van der Waals surface area contributed by atoms with Crippen molar-refractivity contribution in [1.82, 2.24) is 0 Å². The highest BCUT2D eigenvalue weighted by Crippen LogP contribution is 2.28. The molecule has 0 bridgehead atoms. The highest BCUT2D eigenvalue weighted by atomic mass is 16.5. The molecular weight excluding hydrogens is 354 g/mol. The van der Waals surface area contributed by atoms with Crippen LogP contribution < -0.4 is 14.8 Å². The quantitative estimate of drug-likeness (QED) is 0.569. The lowest BCUT2D eigenvalue weighted by molar-refractivity contribution is 0.0697. The first-order valence-corrected chi connectivity index (χ1v) is 9.06. The van der Waals surface area contributed by atoms with Crippen molar-refractivity contribution in [3.05, 3.63) is 89.5 Å². The normalized spacial score (nSPS) is 10.3. The summed E-state index contributed by atoms with van der Waals surface area (Å²) in [5.74, 6) is 0.473. The van der Waals surface area contributed by atoms with E-state index in [1.807, 2.05) is 36.4 Å². The van der Waals surface area contributed by atoms with Gasteiger partial charge in [-0.3, -0.25) is 0 Å². The molecule has 5 nitrogen and oxygen atoms in total. The number of nitrogens with one attached hydrogen (secondary N) is 1. The van der Waals surface area contributed by atoms with Crippen LogP contribution in [0.3, 0.4) is 0 Å². The molecule has 144 valence electrons. The van der Waals surface area contributed by atoms with E-state index in [-0.39, 0.29) is 5.56 Å². The second-order valence-corrected chi connectivity index (χ2v) is 6.31. The smallest absolute Gasteiger partial charge is 0.335 e. The predicted molar refractivity (Wildman–Crippen MR) is 109 cm³/mol. The number of aromatic carboxylic acids is 1. The molecule has 0 saturated carbocycles. The number of hydrogen-bond donors (Lipinski definition) is 2. The van der Waals surface area contributed by atoms with Gasteiger partial charge in [0.05, 0.1) is 19.3 Å². The Balaban J connectivity index is 1.56. The predicted octanol–water partition coefficient (Wildman–Crippen LogP) is 4.63. The van der Waals surface area contributed by atoms with Crippen LogP contribution in [0.15, 0.2) is 72.8 Å². The third-order valence-electron chi connectivity index (χ3n) is 4.35. The summed E-state index contributed by atoms with van der Waals surface area (Å²) in [6, 6.07) is 22.7. The van der Waals surface area contributed by atoms with Crippen LogP contribution in [-0.4, -0.2) is 24.8 Å². The van der Waals surface area contributed by atoms with E-state index in [9.17, 15) is 4.79 Å². The summed E-state index contributed by atoms with van der Waals surface area (Å²) >= 11 is 0. The lowest BCUT2D eigenvalue weighted by Gasteiger charge is -2.13. The van der Waals surface area contributed by atoms with Crippen LogP contribution in [0.2, 0.25) is 0 Å². The number of carbonyl (C=O) groups is 1. The Hall–Kier alpha value is -3.47. The second-order valence-electron chi connectivity index (χ2n) is 6.31. The van der Waals surface area contributed by atoms with Gasteiger partial charge in [0.2, 0.25) is 0 Å². The molecule has 3 aromatic carbocycles. The topological polar surface area (TPSA) is 67.8 Å². The van der Waals surface area contributed by atoms with E-state index in [4.69, 9.17) is 14.6 Å². The molecule has 0 aliphatic rings.